The third kappa shape index (κ3) is 5.34. The lowest BCUT2D eigenvalue weighted by atomic mass is 10.0. The summed E-state index contributed by atoms with van der Waals surface area (Å²) in [6.45, 7) is 7.40. The molecule has 26 heavy (non-hydrogen) atoms. The molecule has 0 bridgehead atoms. The van der Waals surface area contributed by atoms with Crippen LogP contribution in [0.1, 0.15) is 39.3 Å². The molecule has 0 amide bonds. The van der Waals surface area contributed by atoms with Crippen LogP contribution < -0.4 is 11.5 Å². The van der Waals surface area contributed by atoms with E-state index in [-0.39, 0.29) is 0 Å². The van der Waals surface area contributed by atoms with E-state index < -0.39 is 17.6 Å². The van der Waals surface area contributed by atoms with Crippen LogP contribution in [0.2, 0.25) is 0 Å². The maximum absolute atomic E-state index is 12.5. The van der Waals surface area contributed by atoms with Crippen LogP contribution >= 0.6 is 11.8 Å². The zero-order valence-electron chi connectivity index (χ0n) is 15.5. The summed E-state index contributed by atoms with van der Waals surface area (Å²) in [5, 5.41) is 4.68. The molecule has 0 spiro atoms. The van der Waals surface area contributed by atoms with Gasteiger partial charge in [0.05, 0.1) is 11.4 Å². The topological polar surface area (TPSA) is 109 Å². The first-order chi connectivity index (χ1) is 12.2. The molecular weight excluding hydrogens is 350 g/mol. The van der Waals surface area contributed by atoms with Crippen LogP contribution in [0, 0.1) is 0 Å². The molecule has 4 N–H and O–H groups in total. The van der Waals surface area contributed by atoms with Crippen LogP contribution in [0.15, 0.2) is 41.7 Å². The molecule has 2 aromatic rings. The zero-order chi connectivity index (χ0) is 19.3. The van der Waals surface area contributed by atoms with Crippen molar-refractivity contribution >= 4 is 28.6 Å². The summed E-state index contributed by atoms with van der Waals surface area (Å²) in [4.78, 5) is 16.8. The maximum atomic E-state index is 12.5. The van der Waals surface area contributed by atoms with Gasteiger partial charge in [-0.1, -0.05) is 18.7 Å². The summed E-state index contributed by atoms with van der Waals surface area (Å²) in [5.74, 6) is 0.313. The lowest BCUT2D eigenvalue weighted by Crippen LogP contribution is -2.32. The average Bonchev–Trinajstić information content (AvgIpc) is 3.07. The summed E-state index contributed by atoms with van der Waals surface area (Å²) < 4.78 is 7.08. The Labute approximate surface area is 157 Å². The first kappa shape index (κ1) is 20.0. The van der Waals surface area contributed by atoms with Crippen LogP contribution in [0.4, 0.5) is 5.69 Å². The molecule has 1 atom stereocenters. The maximum Gasteiger partial charge on any atom is 0.328 e. The number of amidine groups is 1. The summed E-state index contributed by atoms with van der Waals surface area (Å²) in [6.07, 6.45) is 3.44. The van der Waals surface area contributed by atoms with Gasteiger partial charge in [-0.2, -0.15) is 5.10 Å². The van der Waals surface area contributed by atoms with Gasteiger partial charge in [-0.15, -0.1) is 0 Å². The molecule has 8 heteroatoms. The minimum Gasteiger partial charge on any atom is -0.459 e. The van der Waals surface area contributed by atoms with E-state index >= 15 is 0 Å². The van der Waals surface area contributed by atoms with Gasteiger partial charge in [0.25, 0.3) is 0 Å². The first-order valence-electron chi connectivity index (χ1n) is 8.30. The van der Waals surface area contributed by atoms with Crippen LogP contribution in [0.3, 0.4) is 0 Å². The molecule has 2 rings (SSSR count). The Morgan fingerprint density at radius 3 is 2.73 bits per heavy atom. The minimum absolute atomic E-state index is 0.455. The summed E-state index contributed by atoms with van der Waals surface area (Å²) >= 11 is 1.44. The standard InChI is InChI=1S/C18H25N5O2S/c1-5-26-17(20)22-12-7-8-14(23-10-6-9-21-23)13(11-12)15(19)16(24)25-18(2,3)4/h6-11,15H,5,19H2,1-4H3,(H2,20,22). The number of thioether (sulfide) groups is 1. The number of hydrogen-bond acceptors (Lipinski definition) is 6. The lowest BCUT2D eigenvalue weighted by molar-refractivity contribution is -0.156. The Morgan fingerprint density at radius 2 is 2.15 bits per heavy atom. The molecule has 0 aliphatic carbocycles. The van der Waals surface area contributed by atoms with Gasteiger partial charge in [0, 0.05) is 18.0 Å². The van der Waals surface area contributed by atoms with Crippen LogP contribution in [-0.4, -0.2) is 32.3 Å². The second-order valence-corrected chi connectivity index (χ2v) is 7.87. The number of aromatic nitrogens is 2. The van der Waals surface area contributed by atoms with E-state index in [1.165, 1.54) is 11.8 Å². The van der Waals surface area contributed by atoms with Gasteiger partial charge < -0.3 is 16.2 Å². The number of carbonyl (C=O) groups is 1. The van der Waals surface area contributed by atoms with E-state index in [9.17, 15) is 4.79 Å². The highest BCUT2D eigenvalue weighted by atomic mass is 32.2. The second-order valence-electron chi connectivity index (χ2n) is 6.59. The normalized spacial score (nSPS) is 13.5. The monoisotopic (exact) mass is 375 g/mol. The Balaban J connectivity index is 2.45. The number of benzene rings is 1. The molecule has 0 saturated carbocycles. The van der Waals surface area contributed by atoms with E-state index in [1.807, 2.05) is 19.1 Å². The Morgan fingerprint density at radius 1 is 1.42 bits per heavy atom. The first-order valence-corrected chi connectivity index (χ1v) is 9.29. The van der Waals surface area contributed by atoms with E-state index in [0.717, 1.165) is 5.75 Å². The van der Waals surface area contributed by atoms with Crippen molar-refractivity contribution in [3.05, 3.63) is 42.2 Å². The van der Waals surface area contributed by atoms with Crippen molar-refractivity contribution in [1.29, 1.82) is 0 Å². The van der Waals surface area contributed by atoms with Crippen molar-refractivity contribution in [3.63, 3.8) is 0 Å². The van der Waals surface area contributed by atoms with Crippen LogP contribution in [-0.2, 0) is 9.53 Å². The largest absolute Gasteiger partial charge is 0.459 e. The summed E-state index contributed by atoms with van der Waals surface area (Å²) in [7, 11) is 0. The van der Waals surface area contributed by atoms with Gasteiger partial charge >= 0.3 is 5.97 Å². The number of ether oxygens (including phenoxy) is 1. The SMILES string of the molecule is CCSC(N)=Nc1ccc(-n2cccn2)c(C(N)C(=O)OC(C)(C)C)c1. The smallest absolute Gasteiger partial charge is 0.328 e. The molecule has 0 aliphatic heterocycles. The lowest BCUT2D eigenvalue weighted by Gasteiger charge is -2.23. The van der Waals surface area contributed by atoms with Crippen molar-refractivity contribution < 1.29 is 9.53 Å². The molecule has 0 saturated heterocycles. The molecule has 7 nitrogen and oxygen atoms in total. The number of esters is 1. The van der Waals surface area contributed by atoms with Gasteiger partial charge in [-0.05, 0) is 50.8 Å². The van der Waals surface area contributed by atoms with Crippen molar-refractivity contribution in [2.75, 3.05) is 5.75 Å². The van der Waals surface area contributed by atoms with Gasteiger partial charge in [0.2, 0.25) is 0 Å². The molecule has 0 radical (unpaired) electrons. The molecule has 1 aromatic carbocycles. The number of aliphatic imine (C=N–C) groups is 1. The van der Waals surface area contributed by atoms with Gasteiger partial charge in [0.1, 0.15) is 11.6 Å². The molecule has 1 aromatic heterocycles. The molecule has 1 heterocycles. The summed E-state index contributed by atoms with van der Waals surface area (Å²) in [6, 6.07) is 6.20. The van der Waals surface area contributed by atoms with Gasteiger partial charge in [-0.25, -0.2) is 14.5 Å². The molecule has 0 aliphatic rings. The van der Waals surface area contributed by atoms with Gasteiger partial charge in [0.15, 0.2) is 5.17 Å². The number of rotatable bonds is 5. The predicted molar refractivity (Wildman–Crippen MR) is 106 cm³/mol. The highest BCUT2D eigenvalue weighted by Gasteiger charge is 2.26. The number of hydrogen-bond donors (Lipinski definition) is 2. The second kappa shape index (κ2) is 8.37. The van der Waals surface area contributed by atoms with E-state index in [1.54, 1.807) is 50.0 Å². The van der Waals surface area contributed by atoms with Crippen molar-refractivity contribution in [2.45, 2.75) is 39.3 Å². The Bertz CT molecular complexity index is 781. The third-order valence-electron chi connectivity index (χ3n) is 3.29. The molecular formula is C18H25N5O2S. The number of nitrogens with zero attached hydrogens (tertiary/aromatic N) is 3. The fourth-order valence-corrected chi connectivity index (χ4v) is 2.75. The molecule has 0 fully saturated rings. The number of carbonyl (C=O) groups excluding carboxylic acids is 1. The van der Waals surface area contributed by atoms with Crippen LogP contribution in [0.25, 0.3) is 5.69 Å². The fourth-order valence-electron chi connectivity index (χ4n) is 2.28. The number of nitrogens with two attached hydrogens (primary N) is 2. The average molecular weight is 375 g/mol. The molecule has 140 valence electrons. The predicted octanol–water partition coefficient (Wildman–Crippen LogP) is 2.91. The van der Waals surface area contributed by atoms with Crippen molar-refractivity contribution in [1.82, 2.24) is 9.78 Å². The van der Waals surface area contributed by atoms with Crippen molar-refractivity contribution in [3.8, 4) is 5.69 Å². The highest BCUT2D eigenvalue weighted by molar-refractivity contribution is 8.13. The van der Waals surface area contributed by atoms with Crippen molar-refractivity contribution in [2.24, 2.45) is 16.5 Å². The highest BCUT2D eigenvalue weighted by Crippen LogP contribution is 2.28. The Kier molecular flexibility index (Phi) is 6.44. The molecule has 1 unspecified atom stereocenters. The fraction of sp³-hybridized carbons (Fsp3) is 0.389. The van der Waals surface area contributed by atoms with E-state index in [2.05, 4.69) is 10.1 Å². The van der Waals surface area contributed by atoms with E-state index in [4.69, 9.17) is 16.2 Å². The zero-order valence-corrected chi connectivity index (χ0v) is 16.3. The third-order valence-corrected chi connectivity index (χ3v) is 3.97. The van der Waals surface area contributed by atoms with Gasteiger partial charge in [-0.3, -0.25) is 0 Å². The summed E-state index contributed by atoms with van der Waals surface area (Å²) in [5.41, 5.74) is 13.4. The van der Waals surface area contributed by atoms with Crippen LogP contribution in [0.5, 0.6) is 0 Å². The minimum atomic E-state index is -0.969. The van der Waals surface area contributed by atoms with E-state index in [0.29, 0.717) is 22.1 Å². The Hall–Kier alpha value is -2.32. The quantitative estimate of drug-likeness (QED) is 0.472.